The van der Waals surface area contributed by atoms with Gasteiger partial charge in [-0.15, -0.1) is 0 Å². The minimum absolute atomic E-state index is 0.0467. The van der Waals surface area contributed by atoms with Gasteiger partial charge < -0.3 is 9.32 Å². The molecule has 3 rings (SSSR count). The van der Waals surface area contributed by atoms with E-state index in [0.717, 1.165) is 0 Å². The van der Waals surface area contributed by atoms with Crippen molar-refractivity contribution in [3.8, 4) is 0 Å². The molecule has 1 amide bonds. The third kappa shape index (κ3) is 1.73. The zero-order valence-corrected chi connectivity index (χ0v) is 10.4. The van der Waals surface area contributed by atoms with Crippen LogP contribution >= 0.6 is 12.6 Å². The van der Waals surface area contributed by atoms with E-state index in [2.05, 4.69) is 17.6 Å². The van der Waals surface area contributed by atoms with E-state index in [4.69, 9.17) is 4.42 Å². The van der Waals surface area contributed by atoms with Gasteiger partial charge in [0.1, 0.15) is 0 Å². The number of anilines is 1. The van der Waals surface area contributed by atoms with Gasteiger partial charge in [-0.3, -0.25) is 9.78 Å². The second kappa shape index (κ2) is 4.20. The molecule has 2 heterocycles. The van der Waals surface area contributed by atoms with Gasteiger partial charge in [-0.25, -0.2) is 4.79 Å². The van der Waals surface area contributed by atoms with Crippen LogP contribution in [0.2, 0.25) is 0 Å². The first-order valence-corrected chi connectivity index (χ1v) is 6.35. The lowest BCUT2D eigenvalue weighted by Crippen LogP contribution is -2.24. The summed E-state index contributed by atoms with van der Waals surface area (Å²) >= 11 is 4.23. The first-order chi connectivity index (χ1) is 8.69. The quantitative estimate of drug-likeness (QED) is 0.806. The SMILES string of the molecule is O=C1CC(CS)CN1c1cccc2[nH]c(=O)oc12. The van der Waals surface area contributed by atoms with Gasteiger partial charge in [0.15, 0.2) is 5.58 Å². The summed E-state index contributed by atoms with van der Waals surface area (Å²) in [6, 6.07) is 5.34. The predicted octanol–water partition coefficient (Wildman–Crippen LogP) is 1.40. The molecule has 0 radical (unpaired) electrons. The molecule has 2 aromatic rings. The van der Waals surface area contributed by atoms with Crippen molar-refractivity contribution >= 4 is 35.3 Å². The molecule has 0 bridgehead atoms. The molecule has 1 aliphatic heterocycles. The molecular weight excluding hydrogens is 252 g/mol. The standard InChI is InChI=1S/C12H12N2O3S/c15-10-4-7(6-18)5-14(10)9-3-1-2-8-11(9)17-12(16)13-8/h1-3,7,18H,4-6H2,(H,13,16). The smallest absolute Gasteiger partial charge is 0.406 e. The highest BCUT2D eigenvalue weighted by atomic mass is 32.1. The van der Waals surface area contributed by atoms with Crippen molar-refractivity contribution < 1.29 is 9.21 Å². The van der Waals surface area contributed by atoms with Gasteiger partial charge in [-0.05, 0) is 23.8 Å². The van der Waals surface area contributed by atoms with Crippen molar-refractivity contribution in [3.63, 3.8) is 0 Å². The third-order valence-corrected chi connectivity index (χ3v) is 3.70. The van der Waals surface area contributed by atoms with Crippen LogP contribution in [0.15, 0.2) is 27.4 Å². The predicted molar refractivity (Wildman–Crippen MR) is 71.1 cm³/mol. The van der Waals surface area contributed by atoms with Crippen molar-refractivity contribution in [3.05, 3.63) is 28.7 Å². The fourth-order valence-electron chi connectivity index (χ4n) is 2.31. The van der Waals surface area contributed by atoms with Crippen molar-refractivity contribution in [2.24, 2.45) is 5.92 Å². The average molecular weight is 264 g/mol. The molecule has 1 fully saturated rings. The summed E-state index contributed by atoms with van der Waals surface area (Å²) in [6.45, 7) is 0.621. The monoisotopic (exact) mass is 264 g/mol. The van der Waals surface area contributed by atoms with Gasteiger partial charge in [-0.2, -0.15) is 12.6 Å². The second-order valence-corrected chi connectivity index (χ2v) is 4.79. The number of nitrogens with one attached hydrogen (secondary N) is 1. The molecule has 1 aromatic heterocycles. The van der Waals surface area contributed by atoms with Crippen LogP contribution in [0.25, 0.3) is 11.1 Å². The third-order valence-electron chi connectivity index (χ3n) is 3.18. The summed E-state index contributed by atoms with van der Waals surface area (Å²) in [5, 5.41) is 0. The van der Waals surface area contributed by atoms with Crippen LogP contribution in [0.4, 0.5) is 5.69 Å². The van der Waals surface area contributed by atoms with Gasteiger partial charge in [0, 0.05) is 13.0 Å². The largest absolute Gasteiger partial charge is 0.417 e. The number of carbonyl (C=O) groups is 1. The average Bonchev–Trinajstić information content (AvgIpc) is 2.90. The molecule has 0 spiro atoms. The summed E-state index contributed by atoms with van der Waals surface area (Å²) in [6.07, 6.45) is 0.495. The first-order valence-electron chi connectivity index (χ1n) is 5.72. The Bertz CT molecular complexity index is 661. The molecule has 6 heteroatoms. The number of hydrogen-bond donors (Lipinski definition) is 2. The zero-order chi connectivity index (χ0) is 12.7. The molecular formula is C12H12N2O3S. The van der Waals surface area contributed by atoms with E-state index in [1.54, 1.807) is 23.1 Å². The highest BCUT2D eigenvalue weighted by Gasteiger charge is 2.31. The van der Waals surface area contributed by atoms with Crippen LogP contribution in [0.5, 0.6) is 0 Å². The Kier molecular flexibility index (Phi) is 2.66. The number of fused-ring (bicyclic) bond motifs is 1. The number of nitrogens with zero attached hydrogens (tertiary/aromatic N) is 1. The van der Waals surface area contributed by atoms with E-state index in [1.807, 2.05) is 0 Å². The topological polar surface area (TPSA) is 66.3 Å². The number of oxazole rings is 1. The summed E-state index contributed by atoms with van der Waals surface area (Å²) in [7, 11) is 0. The number of aromatic amines is 1. The highest BCUT2D eigenvalue weighted by Crippen LogP contribution is 2.30. The number of aromatic nitrogens is 1. The van der Waals surface area contributed by atoms with E-state index in [-0.39, 0.29) is 11.8 Å². The number of benzene rings is 1. The van der Waals surface area contributed by atoms with Gasteiger partial charge in [0.25, 0.3) is 0 Å². The number of hydrogen-bond acceptors (Lipinski definition) is 4. The van der Waals surface area contributed by atoms with E-state index >= 15 is 0 Å². The lowest BCUT2D eigenvalue weighted by molar-refractivity contribution is -0.117. The van der Waals surface area contributed by atoms with Crippen molar-refractivity contribution in [2.45, 2.75) is 6.42 Å². The maximum Gasteiger partial charge on any atom is 0.417 e. The summed E-state index contributed by atoms with van der Waals surface area (Å²) < 4.78 is 5.10. The van der Waals surface area contributed by atoms with E-state index in [0.29, 0.717) is 35.5 Å². The Balaban J connectivity index is 2.09. The van der Waals surface area contributed by atoms with Gasteiger partial charge in [0.05, 0.1) is 11.2 Å². The molecule has 1 saturated heterocycles. The molecule has 5 nitrogen and oxygen atoms in total. The molecule has 1 aliphatic rings. The van der Waals surface area contributed by atoms with Gasteiger partial charge in [0.2, 0.25) is 5.91 Å². The number of rotatable bonds is 2. The maximum atomic E-state index is 12.0. The Labute approximate surface area is 108 Å². The molecule has 1 atom stereocenters. The molecule has 1 unspecified atom stereocenters. The van der Waals surface area contributed by atoms with Crippen LogP contribution in [-0.2, 0) is 4.79 Å². The van der Waals surface area contributed by atoms with Crippen LogP contribution < -0.4 is 10.7 Å². The molecule has 18 heavy (non-hydrogen) atoms. The van der Waals surface area contributed by atoms with Crippen molar-refractivity contribution in [2.75, 3.05) is 17.2 Å². The fourth-order valence-corrected chi connectivity index (χ4v) is 2.55. The molecule has 1 N–H and O–H groups in total. The number of carbonyl (C=O) groups excluding carboxylic acids is 1. The van der Waals surface area contributed by atoms with Crippen molar-refractivity contribution in [1.29, 1.82) is 0 Å². The second-order valence-electron chi connectivity index (χ2n) is 4.43. The highest BCUT2D eigenvalue weighted by molar-refractivity contribution is 7.80. The van der Waals surface area contributed by atoms with E-state index in [1.165, 1.54) is 0 Å². The minimum Gasteiger partial charge on any atom is -0.406 e. The molecule has 0 aliphatic carbocycles. The van der Waals surface area contributed by atoms with Crippen LogP contribution in [0.1, 0.15) is 6.42 Å². The summed E-state index contributed by atoms with van der Waals surface area (Å²) in [5.74, 6) is 0.469. The Morgan fingerprint density at radius 2 is 2.28 bits per heavy atom. The van der Waals surface area contributed by atoms with Gasteiger partial charge in [-0.1, -0.05) is 6.07 Å². The lowest BCUT2D eigenvalue weighted by Gasteiger charge is -2.16. The molecule has 1 aromatic carbocycles. The zero-order valence-electron chi connectivity index (χ0n) is 9.55. The first kappa shape index (κ1) is 11.4. The normalized spacial score (nSPS) is 19.9. The Hall–Kier alpha value is -1.69. The van der Waals surface area contributed by atoms with E-state index in [9.17, 15) is 9.59 Å². The van der Waals surface area contributed by atoms with Crippen LogP contribution in [0, 0.1) is 5.92 Å². The minimum atomic E-state index is -0.505. The number of amides is 1. The van der Waals surface area contributed by atoms with Crippen LogP contribution in [0.3, 0.4) is 0 Å². The van der Waals surface area contributed by atoms with Gasteiger partial charge >= 0.3 is 5.76 Å². The molecule has 0 saturated carbocycles. The fraction of sp³-hybridized carbons (Fsp3) is 0.333. The summed E-state index contributed by atoms with van der Waals surface area (Å²) in [4.78, 5) is 27.4. The van der Waals surface area contributed by atoms with Crippen LogP contribution in [-0.4, -0.2) is 23.2 Å². The number of thiol groups is 1. The maximum absolute atomic E-state index is 12.0. The van der Waals surface area contributed by atoms with E-state index < -0.39 is 5.76 Å². The summed E-state index contributed by atoms with van der Waals surface area (Å²) in [5.41, 5.74) is 1.70. The van der Waals surface area contributed by atoms with Crippen molar-refractivity contribution in [1.82, 2.24) is 4.98 Å². The number of para-hydroxylation sites is 1. The molecule has 94 valence electrons. The Morgan fingerprint density at radius 1 is 1.44 bits per heavy atom. The number of H-pyrrole nitrogens is 1. The lowest BCUT2D eigenvalue weighted by atomic mass is 10.1. The Morgan fingerprint density at radius 3 is 3.00 bits per heavy atom.